The molecule has 0 aromatic heterocycles. The normalized spacial score (nSPS) is 17.7. The largest absolute Gasteiger partial charge is 0.496 e. The van der Waals surface area contributed by atoms with E-state index < -0.39 is 0 Å². The van der Waals surface area contributed by atoms with Crippen LogP contribution in [0, 0.1) is 24.2 Å². The summed E-state index contributed by atoms with van der Waals surface area (Å²) in [4.78, 5) is 0. The van der Waals surface area contributed by atoms with Crippen LogP contribution in [0.25, 0.3) is 0 Å². The molecule has 0 spiro atoms. The quantitative estimate of drug-likeness (QED) is 0.789. The van der Waals surface area contributed by atoms with Crippen molar-refractivity contribution in [2.45, 2.75) is 38.5 Å². The average molecular weight is 229 g/mol. The molecule has 0 amide bonds. The van der Waals surface area contributed by atoms with Crippen LogP contribution in [0.3, 0.4) is 0 Å². The van der Waals surface area contributed by atoms with Crippen LogP contribution in [0.5, 0.6) is 5.75 Å². The summed E-state index contributed by atoms with van der Waals surface area (Å²) in [5, 5.41) is 9.38. The van der Waals surface area contributed by atoms with Crippen molar-refractivity contribution in [1.82, 2.24) is 0 Å². The standard InChI is InChI=1S/C15H19NO/c1-11-9-13(7-8-15(11)17-2)14(10-16)12-5-3-4-6-12/h7-9,12,14H,3-6H2,1-2H3. The second kappa shape index (κ2) is 5.23. The number of aryl methyl sites for hydroxylation is 1. The molecule has 1 fully saturated rings. The molecule has 0 N–H and O–H groups in total. The number of hydrogen-bond acceptors (Lipinski definition) is 2. The van der Waals surface area contributed by atoms with Crippen LogP contribution in [-0.4, -0.2) is 7.11 Å². The monoisotopic (exact) mass is 229 g/mol. The lowest BCUT2D eigenvalue weighted by atomic mass is 9.85. The minimum Gasteiger partial charge on any atom is -0.496 e. The van der Waals surface area contributed by atoms with Gasteiger partial charge in [0.25, 0.3) is 0 Å². The lowest BCUT2D eigenvalue weighted by molar-refractivity contribution is 0.411. The average Bonchev–Trinajstić information content (AvgIpc) is 2.84. The lowest BCUT2D eigenvalue weighted by Gasteiger charge is -2.17. The highest BCUT2D eigenvalue weighted by Crippen LogP contribution is 2.37. The Balaban J connectivity index is 2.25. The maximum atomic E-state index is 9.38. The summed E-state index contributed by atoms with van der Waals surface area (Å²) in [6.07, 6.45) is 4.95. The van der Waals surface area contributed by atoms with E-state index >= 15 is 0 Å². The molecule has 1 aliphatic rings. The molecule has 1 aliphatic carbocycles. The molecular weight excluding hydrogens is 210 g/mol. The molecule has 1 atom stereocenters. The molecule has 0 heterocycles. The van der Waals surface area contributed by atoms with E-state index in [0.29, 0.717) is 5.92 Å². The molecule has 2 nitrogen and oxygen atoms in total. The highest BCUT2D eigenvalue weighted by atomic mass is 16.5. The zero-order chi connectivity index (χ0) is 12.3. The van der Waals surface area contributed by atoms with Crippen LogP contribution in [-0.2, 0) is 0 Å². The van der Waals surface area contributed by atoms with Gasteiger partial charge in [0, 0.05) is 0 Å². The van der Waals surface area contributed by atoms with Gasteiger partial charge in [-0.1, -0.05) is 25.0 Å². The minimum atomic E-state index is 0.0575. The van der Waals surface area contributed by atoms with Gasteiger partial charge in [-0.2, -0.15) is 5.26 Å². The number of nitriles is 1. The van der Waals surface area contributed by atoms with Gasteiger partial charge < -0.3 is 4.74 Å². The fraction of sp³-hybridized carbons (Fsp3) is 0.533. The number of nitrogens with zero attached hydrogens (tertiary/aromatic N) is 1. The first-order valence-corrected chi connectivity index (χ1v) is 6.30. The molecule has 17 heavy (non-hydrogen) atoms. The third kappa shape index (κ3) is 2.44. The molecule has 2 heteroatoms. The molecule has 0 aliphatic heterocycles. The summed E-state index contributed by atoms with van der Waals surface area (Å²) in [7, 11) is 1.68. The summed E-state index contributed by atoms with van der Waals surface area (Å²) in [5.74, 6) is 1.51. The third-order valence-corrected chi connectivity index (χ3v) is 3.79. The van der Waals surface area contributed by atoms with Crippen molar-refractivity contribution in [3.63, 3.8) is 0 Å². The summed E-state index contributed by atoms with van der Waals surface area (Å²) < 4.78 is 5.26. The first-order valence-electron chi connectivity index (χ1n) is 6.30. The van der Waals surface area contributed by atoms with E-state index in [4.69, 9.17) is 4.74 Å². The second-order valence-electron chi connectivity index (χ2n) is 4.88. The van der Waals surface area contributed by atoms with Gasteiger partial charge in [-0.3, -0.25) is 0 Å². The van der Waals surface area contributed by atoms with E-state index in [-0.39, 0.29) is 5.92 Å². The molecule has 0 bridgehead atoms. The predicted molar refractivity (Wildman–Crippen MR) is 68.0 cm³/mol. The highest BCUT2D eigenvalue weighted by molar-refractivity contribution is 5.39. The van der Waals surface area contributed by atoms with Crippen LogP contribution in [0.2, 0.25) is 0 Å². The van der Waals surface area contributed by atoms with Crippen LogP contribution in [0.15, 0.2) is 18.2 Å². The Bertz CT molecular complexity index is 427. The Morgan fingerprint density at radius 3 is 2.59 bits per heavy atom. The van der Waals surface area contributed by atoms with Gasteiger partial charge in [-0.15, -0.1) is 0 Å². The van der Waals surface area contributed by atoms with Gasteiger partial charge in [-0.25, -0.2) is 0 Å². The molecule has 1 aromatic rings. The molecule has 1 aromatic carbocycles. The summed E-state index contributed by atoms with van der Waals surface area (Å²) in [6.45, 7) is 2.03. The number of methoxy groups -OCH3 is 1. The summed E-state index contributed by atoms with van der Waals surface area (Å²) in [6, 6.07) is 8.60. The first kappa shape index (κ1) is 12.0. The second-order valence-corrected chi connectivity index (χ2v) is 4.88. The van der Waals surface area contributed by atoms with Gasteiger partial charge in [0.05, 0.1) is 19.1 Å². The smallest absolute Gasteiger partial charge is 0.121 e. The highest BCUT2D eigenvalue weighted by Gasteiger charge is 2.26. The zero-order valence-corrected chi connectivity index (χ0v) is 10.6. The predicted octanol–water partition coefficient (Wildman–Crippen LogP) is 3.80. The fourth-order valence-electron chi connectivity index (χ4n) is 2.84. The van der Waals surface area contributed by atoms with Crippen LogP contribution in [0.4, 0.5) is 0 Å². The third-order valence-electron chi connectivity index (χ3n) is 3.79. The fourth-order valence-corrected chi connectivity index (χ4v) is 2.84. The van der Waals surface area contributed by atoms with Crippen molar-refractivity contribution in [3.8, 4) is 11.8 Å². The van der Waals surface area contributed by atoms with Crippen LogP contribution < -0.4 is 4.74 Å². The van der Waals surface area contributed by atoms with Crippen molar-refractivity contribution in [2.24, 2.45) is 5.92 Å². The molecular formula is C15H19NO. The van der Waals surface area contributed by atoms with E-state index in [1.165, 1.54) is 25.7 Å². The van der Waals surface area contributed by atoms with E-state index in [9.17, 15) is 5.26 Å². The number of ether oxygens (including phenoxy) is 1. The van der Waals surface area contributed by atoms with E-state index in [2.05, 4.69) is 12.1 Å². The number of rotatable bonds is 3. The van der Waals surface area contributed by atoms with Crippen LogP contribution in [0.1, 0.15) is 42.7 Å². The SMILES string of the molecule is COc1ccc(C(C#N)C2CCCC2)cc1C. The molecule has 0 radical (unpaired) electrons. The van der Waals surface area contributed by atoms with Gasteiger partial charge in [0.1, 0.15) is 5.75 Å². The van der Waals surface area contributed by atoms with Gasteiger partial charge in [-0.05, 0) is 42.9 Å². The zero-order valence-electron chi connectivity index (χ0n) is 10.6. The molecule has 90 valence electrons. The van der Waals surface area contributed by atoms with Gasteiger partial charge >= 0.3 is 0 Å². The number of benzene rings is 1. The topological polar surface area (TPSA) is 33.0 Å². The lowest BCUT2D eigenvalue weighted by Crippen LogP contribution is -2.08. The molecule has 2 rings (SSSR count). The Morgan fingerprint density at radius 1 is 1.35 bits per heavy atom. The first-order chi connectivity index (χ1) is 8.26. The van der Waals surface area contributed by atoms with Crippen molar-refractivity contribution in [1.29, 1.82) is 5.26 Å². The number of hydrogen-bond donors (Lipinski definition) is 0. The maximum Gasteiger partial charge on any atom is 0.121 e. The minimum absolute atomic E-state index is 0.0575. The van der Waals surface area contributed by atoms with Crippen molar-refractivity contribution >= 4 is 0 Å². The van der Waals surface area contributed by atoms with Crippen molar-refractivity contribution in [2.75, 3.05) is 7.11 Å². The van der Waals surface area contributed by atoms with E-state index in [1.807, 2.05) is 19.1 Å². The summed E-state index contributed by atoms with van der Waals surface area (Å²) >= 11 is 0. The van der Waals surface area contributed by atoms with Crippen molar-refractivity contribution < 1.29 is 4.74 Å². The Labute approximate surface area is 103 Å². The Morgan fingerprint density at radius 2 is 2.06 bits per heavy atom. The van der Waals surface area contributed by atoms with Gasteiger partial charge in [0.15, 0.2) is 0 Å². The molecule has 1 unspecified atom stereocenters. The van der Waals surface area contributed by atoms with Gasteiger partial charge in [0.2, 0.25) is 0 Å². The maximum absolute atomic E-state index is 9.38. The van der Waals surface area contributed by atoms with Crippen LogP contribution >= 0.6 is 0 Å². The van der Waals surface area contributed by atoms with E-state index in [1.54, 1.807) is 7.11 Å². The van der Waals surface area contributed by atoms with Crippen molar-refractivity contribution in [3.05, 3.63) is 29.3 Å². The molecule has 0 saturated heterocycles. The Hall–Kier alpha value is -1.49. The molecule has 1 saturated carbocycles. The Kier molecular flexibility index (Phi) is 3.68. The summed E-state index contributed by atoms with van der Waals surface area (Å²) in [5.41, 5.74) is 2.26. The van der Waals surface area contributed by atoms with E-state index in [0.717, 1.165) is 16.9 Å².